The number of hydrogen-bond acceptors (Lipinski definition) is 2. The van der Waals surface area contributed by atoms with Gasteiger partial charge in [-0.1, -0.05) is 26.0 Å². The molecule has 3 unspecified atom stereocenters. The maximum Gasteiger partial charge on any atom is 0.307 e. The van der Waals surface area contributed by atoms with Gasteiger partial charge < -0.3 is 9.84 Å². The predicted molar refractivity (Wildman–Crippen MR) is 79.0 cm³/mol. The van der Waals surface area contributed by atoms with E-state index in [1.165, 1.54) is 0 Å². The van der Waals surface area contributed by atoms with Crippen molar-refractivity contribution in [2.45, 2.75) is 39.0 Å². The van der Waals surface area contributed by atoms with E-state index in [4.69, 9.17) is 4.74 Å². The van der Waals surface area contributed by atoms with Crippen molar-refractivity contribution in [1.82, 2.24) is 0 Å². The number of rotatable bonds is 4. The lowest BCUT2D eigenvalue weighted by molar-refractivity contribution is -0.144. The fraction of sp³-hybridized carbons (Fsp3) is 0.588. The minimum atomic E-state index is -0.667. The zero-order chi connectivity index (χ0) is 14.7. The van der Waals surface area contributed by atoms with Crippen molar-refractivity contribution in [3.05, 3.63) is 29.8 Å². The van der Waals surface area contributed by atoms with Crippen LogP contribution in [0.5, 0.6) is 5.75 Å². The van der Waals surface area contributed by atoms with Crippen LogP contribution in [0.3, 0.4) is 0 Å². The smallest absolute Gasteiger partial charge is 0.307 e. The topological polar surface area (TPSA) is 46.5 Å². The number of carboxylic acids is 1. The zero-order valence-electron chi connectivity index (χ0n) is 12.5. The second-order valence-corrected chi connectivity index (χ2v) is 6.14. The van der Waals surface area contributed by atoms with E-state index >= 15 is 0 Å². The summed E-state index contributed by atoms with van der Waals surface area (Å²) in [6.45, 7) is 4.46. The maximum atomic E-state index is 11.5. The Labute approximate surface area is 121 Å². The third-order valence-electron chi connectivity index (χ3n) is 4.67. The molecule has 0 spiro atoms. The normalized spacial score (nSPS) is 26.5. The van der Waals surface area contributed by atoms with E-state index in [0.29, 0.717) is 11.8 Å². The molecule has 3 heteroatoms. The Bertz CT molecular complexity index is 467. The minimum Gasteiger partial charge on any atom is -0.497 e. The quantitative estimate of drug-likeness (QED) is 0.906. The van der Waals surface area contributed by atoms with Gasteiger partial charge in [0.2, 0.25) is 0 Å². The maximum absolute atomic E-state index is 11.5. The second kappa shape index (κ2) is 6.29. The summed E-state index contributed by atoms with van der Waals surface area (Å²) in [5.41, 5.74) is 1.10. The van der Waals surface area contributed by atoms with Gasteiger partial charge in [-0.25, -0.2) is 0 Å². The molecule has 0 radical (unpaired) electrons. The summed E-state index contributed by atoms with van der Waals surface area (Å²) in [6.07, 6.45) is 2.76. The molecule has 20 heavy (non-hydrogen) atoms. The van der Waals surface area contributed by atoms with Crippen LogP contribution in [0.1, 0.15) is 44.6 Å². The highest BCUT2D eigenvalue weighted by Gasteiger charge is 2.36. The second-order valence-electron chi connectivity index (χ2n) is 6.14. The fourth-order valence-corrected chi connectivity index (χ4v) is 3.34. The highest BCUT2D eigenvalue weighted by molar-refractivity contribution is 5.71. The Kier molecular flexibility index (Phi) is 4.69. The van der Waals surface area contributed by atoms with Crippen molar-refractivity contribution in [3.63, 3.8) is 0 Å². The van der Waals surface area contributed by atoms with Crippen LogP contribution >= 0.6 is 0 Å². The van der Waals surface area contributed by atoms with Gasteiger partial charge in [0.25, 0.3) is 0 Å². The zero-order valence-corrected chi connectivity index (χ0v) is 12.5. The first-order valence-corrected chi connectivity index (χ1v) is 7.39. The summed E-state index contributed by atoms with van der Waals surface area (Å²) in [5, 5.41) is 9.49. The van der Waals surface area contributed by atoms with Crippen LogP contribution in [0.25, 0.3) is 0 Å². The molecule has 1 fully saturated rings. The first-order chi connectivity index (χ1) is 9.52. The molecule has 2 rings (SSSR count). The van der Waals surface area contributed by atoms with Crippen LogP contribution < -0.4 is 4.74 Å². The first-order valence-electron chi connectivity index (χ1n) is 7.39. The van der Waals surface area contributed by atoms with E-state index in [1.807, 2.05) is 24.3 Å². The summed E-state index contributed by atoms with van der Waals surface area (Å²) in [5.74, 6) is 1.19. The monoisotopic (exact) mass is 276 g/mol. The van der Waals surface area contributed by atoms with Crippen LogP contribution in [0.15, 0.2) is 24.3 Å². The van der Waals surface area contributed by atoms with E-state index in [1.54, 1.807) is 7.11 Å². The number of carbonyl (C=O) groups is 1. The Morgan fingerprint density at radius 2 is 2.10 bits per heavy atom. The Balaban J connectivity index is 2.28. The van der Waals surface area contributed by atoms with E-state index < -0.39 is 5.97 Å². The molecule has 110 valence electrons. The summed E-state index contributed by atoms with van der Waals surface area (Å²) < 4.78 is 5.27. The lowest BCUT2D eigenvalue weighted by Gasteiger charge is -2.36. The average Bonchev–Trinajstić information content (AvgIpc) is 2.46. The van der Waals surface area contributed by atoms with Crippen LogP contribution in [0.4, 0.5) is 0 Å². The lowest BCUT2D eigenvalue weighted by Crippen LogP contribution is -2.31. The summed E-state index contributed by atoms with van der Waals surface area (Å²) in [4.78, 5) is 11.5. The first kappa shape index (κ1) is 14.9. The molecular weight excluding hydrogens is 252 g/mol. The van der Waals surface area contributed by atoms with Gasteiger partial charge in [0.1, 0.15) is 5.75 Å². The number of aliphatic carboxylic acids is 1. The highest BCUT2D eigenvalue weighted by Crippen LogP contribution is 2.43. The molecule has 1 aromatic rings. The van der Waals surface area contributed by atoms with Gasteiger partial charge in [-0.2, -0.15) is 0 Å². The molecule has 1 aliphatic carbocycles. The number of benzene rings is 1. The van der Waals surface area contributed by atoms with Crippen molar-refractivity contribution in [1.29, 1.82) is 0 Å². The van der Waals surface area contributed by atoms with Gasteiger partial charge >= 0.3 is 5.97 Å². The van der Waals surface area contributed by atoms with Gasteiger partial charge in [0.05, 0.1) is 13.0 Å². The fourth-order valence-electron chi connectivity index (χ4n) is 3.34. The van der Waals surface area contributed by atoms with Gasteiger partial charge in [0, 0.05) is 0 Å². The summed E-state index contributed by atoms with van der Waals surface area (Å²) in [7, 11) is 1.64. The lowest BCUT2D eigenvalue weighted by atomic mass is 9.68. The van der Waals surface area contributed by atoms with Crippen molar-refractivity contribution < 1.29 is 14.6 Å². The van der Waals surface area contributed by atoms with E-state index in [-0.39, 0.29) is 11.8 Å². The molecular formula is C17H24O3. The van der Waals surface area contributed by atoms with E-state index in [0.717, 1.165) is 30.6 Å². The largest absolute Gasteiger partial charge is 0.497 e. The van der Waals surface area contributed by atoms with Gasteiger partial charge in [-0.05, 0) is 54.7 Å². The van der Waals surface area contributed by atoms with Crippen molar-refractivity contribution in [2.24, 2.45) is 17.8 Å². The Morgan fingerprint density at radius 1 is 1.35 bits per heavy atom. The van der Waals surface area contributed by atoms with Gasteiger partial charge in [-0.15, -0.1) is 0 Å². The van der Waals surface area contributed by atoms with Crippen molar-refractivity contribution in [2.75, 3.05) is 7.11 Å². The van der Waals surface area contributed by atoms with E-state index in [2.05, 4.69) is 13.8 Å². The number of ether oxygens (including phenoxy) is 1. The van der Waals surface area contributed by atoms with Crippen molar-refractivity contribution >= 4 is 5.97 Å². The van der Waals surface area contributed by atoms with Crippen LogP contribution in [-0.2, 0) is 4.79 Å². The molecule has 0 heterocycles. The minimum absolute atomic E-state index is 0.101. The molecule has 0 saturated heterocycles. The molecule has 1 aliphatic rings. The molecule has 0 bridgehead atoms. The standard InChI is InChI=1S/C17H24O3/c1-11(2)12-7-8-15(17(18)19)16(10-12)13-5-4-6-14(9-13)20-3/h4-6,9,11-12,15-16H,7-8,10H2,1-3H3,(H,18,19). The molecule has 1 saturated carbocycles. The Hall–Kier alpha value is -1.51. The molecule has 0 aromatic heterocycles. The molecule has 3 atom stereocenters. The van der Waals surface area contributed by atoms with Crippen LogP contribution in [-0.4, -0.2) is 18.2 Å². The highest BCUT2D eigenvalue weighted by atomic mass is 16.5. The van der Waals surface area contributed by atoms with Crippen LogP contribution in [0.2, 0.25) is 0 Å². The van der Waals surface area contributed by atoms with Gasteiger partial charge in [-0.3, -0.25) is 4.79 Å². The number of hydrogen-bond donors (Lipinski definition) is 1. The number of carboxylic acid groups (broad SMARTS) is 1. The SMILES string of the molecule is COc1cccc(C2CC(C(C)C)CCC2C(=O)O)c1. The molecule has 1 aromatic carbocycles. The average molecular weight is 276 g/mol. The third kappa shape index (κ3) is 3.14. The molecule has 0 aliphatic heterocycles. The van der Waals surface area contributed by atoms with Crippen LogP contribution in [0, 0.1) is 17.8 Å². The van der Waals surface area contributed by atoms with E-state index in [9.17, 15) is 9.90 Å². The number of methoxy groups -OCH3 is 1. The van der Waals surface area contributed by atoms with Crippen molar-refractivity contribution in [3.8, 4) is 5.75 Å². The Morgan fingerprint density at radius 3 is 2.70 bits per heavy atom. The van der Waals surface area contributed by atoms with Gasteiger partial charge in [0.15, 0.2) is 0 Å². The molecule has 3 nitrogen and oxygen atoms in total. The summed E-state index contributed by atoms with van der Waals surface area (Å²) >= 11 is 0. The molecule has 1 N–H and O–H groups in total. The molecule has 0 amide bonds. The summed E-state index contributed by atoms with van der Waals surface area (Å²) in [6, 6.07) is 7.88. The third-order valence-corrected chi connectivity index (χ3v) is 4.67. The predicted octanol–water partition coefficient (Wildman–Crippen LogP) is 3.94.